The predicted molar refractivity (Wildman–Crippen MR) is 71.4 cm³/mol. The molecule has 2 rings (SSSR count). The Morgan fingerprint density at radius 1 is 1.00 bits per heavy atom. The van der Waals surface area contributed by atoms with E-state index in [1.807, 2.05) is 54.6 Å². The summed E-state index contributed by atoms with van der Waals surface area (Å²) in [4.78, 5) is 0. The van der Waals surface area contributed by atoms with Crippen LogP contribution in [0, 0.1) is 11.3 Å². The molecule has 0 aliphatic heterocycles. The van der Waals surface area contributed by atoms with Crippen molar-refractivity contribution in [2.24, 2.45) is 0 Å². The van der Waals surface area contributed by atoms with Crippen LogP contribution in [0.15, 0.2) is 54.6 Å². The zero-order chi connectivity index (χ0) is 12.1. The number of nitrogens with zero attached hydrogens (tertiary/aromatic N) is 1. The van der Waals surface area contributed by atoms with Crippen molar-refractivity contribution in [3.8, 4) is 6.07 Å². The van der Waals surface area contributed by atoms with E-state index in [1.54, 1.807) is 6.07 Å². The molecule has 0 bridgehead atoms. The first-order valence-corrected chi connectivity index (χ1v) is 5.61. The zero-order valence-electron chi connectivity index (χ0n) is 9.10. The van der Waals surface area contributed by atoms with E-state index in [-0.39, 0.29) is 0 Å². The van der Waals surface area contributed by atoms with Crippen molar-refractivity contribution >= 4 is 23.3 Å². The quantitative estimate of drug-likeness (QED) is 0.563. The smallest absolute Gasteiger partial charge is 0.0998 e. The molecule has 0 atom stereocenters. The average Bonchev–Trinajstić information content (AvgIpc) is 2.38. The van der Waals surface area contributed by atoms with Gasteiger partial charge in [-0.2, -0.15) is 5.26 Å². The molecule has 0 amide bonds. The molecule has 0 fully saturated rings. The van der Waals surface area contributed by atoms with Crippen LogP contribution >= 0.6 is 11.6 Å². The van der Waals surface area contributed by atoms with Crippen LogP contribution in [0.3, 0.4) is 0 Å². The Bertz CT molecular complexity index is 579. The maximum atomic E-state index is 9.19. The lowest BCUT2D eigenvalue weighted by atomic mass is 10.0. The van der Waals surface area contributed by atoms with E-state index < -0.39 is 0 Å². The molecule has 0 saturated carbocycles. The van der Waals surface area contributed by atoms with Gasteiger partial charge in [-0.15, -0.1) is 0 Å². The third-order valence-corrected chi connectivity index (χ3v) is 2.72. The van der Waals surface area contributed by atoms with Gasteiger partial charge in [-0.05, 0) is 17.7 Å². The summed E-state index contributed by atoms with van der Waals surface area (Å²) in [6, 6.07) is 19.3. The monoisotopic (exact) mass is 239 g/mol. The van der Waals surface area contributed by atoms with E-state index in [9.17, 15) is 5.26 Å². The minimum absolute atomic E-state index is 0.571. The van der Waals surface area contributed by atoms with Crippen molar-refractivity contribution in [3.05, 3.63) is 70.7 Å². The summed E-state index contributed by atoms with van der Waals surface area (Å²) < 4.78 is 0. The van der Waals surface area contributed by atoms with Crippen LogP contribution in [-0.2, 0) is 0 Å². The molecule has 0 saturated heterocycles. The third-order valence-electron chi connectivity index (χ3n) is 2.40. The molecule has 0 N–H and O–H groups in total. The zero-order valence-corrected chi connectivity index (χ0v) is 9.85. The van der Waals surface area contributed by atoms with Crippen LogP contribution in [0.4, 0.5) is 0 Å². The highest BCUT2D eigenvalue weighted by atomic mass is 35.5. The van der Waals surface area contributed by atoms with E-state index in [0.29, 0.717) is 10.6 Å². The maximum absolute atomic E-state index is 9.19. The van der Waals surface area contributed by atoms with Crippen LogP contribution in [0.5, 0.6) is 0 Å². The molecule has 0 radical (unpaired) electrons. The number of halogens is 1. The van der Waals surface area contributed by atoms with Gasteiger partial charge in [0.2, 0.25) is 0 Å². The minimum atomic E-state index is 0.571. The van der Waals surface area contributed by atoms with Gasteiger partial charge in [-0.1, -0.05) is 60.1 Å². The fourth-order valence-electron chi connectivity index (χ4n) is 1.57. The molecule has 0 aromatic heterocycles. The molecule has 0 aliphatic carbocycles. The highest BCUT2D eigenvalue weighted by Gasteiger charge is 2.04. The fourth-order valence-corrected chi connectivity index (χ4v) is 1.80. The Kier molecular flexibility index (Phi) is 3.59. The summed E-state index contributed by atoms with van der Waals surface area (Å²) in [6.07, 6.45) is 1.83. The number of benzene rings is 2. The predicted octanol–water partition coefficient (Wildman–Crippen LogP) is 4.40. The van der Waals surface area contributed by atoms with Gasteiger partial charge < -0.3 is 0 Å². The van der Waals surface area contributed by atoms with Crippen LogP contribution in [-0.4, -0.2) is 0 Å². The van der Waals surface area contributed by atoms with E-state index in [2.05, 4.69) is 6.07 Å². The first kappa shape index (κ1) is 11.4. The van der Waals surface area contributed by atoms with Crippen LogP contribution < -0.4 is 0 Å². The highest BCUT2D eigenvalue weighted by molar-refractivity contribution is 6.32. The normalized spacial score (nSPS) is 10.9. The topological polar surface area (TPSA) is 23.8 Å². The van der Waals surface area contributed by atoms with Crippen molar-refractivity contribution < 1.29 is 0 Å². The van der Waals surface area contributed by atoms with Crippen molar-refractivity contribution in [1.29, 1.82) is 5.26 Å². The van der Waals surface area contributed by atoms with E-state index in [4.69, 9.17) is 11.6 Å². The standard InChI is InChI=1S/C15H10ClN/c16-15-9-5-4-8-14(15)13(11-17)10-12-6-2-1-3-7-12/h1-10H. The van der Waals surface area contributed by atoms with Gasteiger partial charge in [0, 0.05) is 10.6 Å². The van der Waals surface area contributed by atoms with Gasteiger partial charge in [0.15, 0.2) is 0 Å². The molecule has 0 heterocycles. The molecule has 17 heavy (non-hydrogen) atoms. The average molecular weight is 240 g/mol. The molecule has 0 unspecified atom stereocenters. The molecule has 2 aromatic carbocycles. The van der Waals surface area contributed by atoms with Crippen molar-refractivity contribution in [1.82, 2.24) is 0 Å². The molecular formula is C15H10ClN. The van der Waals surface area contributed by atoms with Gasteiger partial charge in [0.05, 0.1) is 11.6 Å². The Balaban J connectivity index is 2.46. The first-order chi connectivity index (χ1) is 8.31. The summed E-state index contributed by atoms with van der Waals surface area (Å²) in [7, 11) is 0. The van der Waals surface area contributed by atoms with E-state index >= 15 is 0 Å². The lowest BCUT2D eigenvalue weighted by molar-refractivity contribution is 1.52. The Morgan fingerprint density at radius 2 is 1.65 bits per heavy atom. The minimum Gasteiger partial charge on any atom is -0.192 e. The Labute approximate surface area is 106 Å². The summed E-state index contributed by atoms with van der Waals surface area (Å²) >= 11 is 6.07. The molecular weight excluding hydrogens is 230 g/mol. The highest BCUT2D eigenvalue weighted by Crippen LogP contribution is 2.24. The summed E-state index contributed by atoms with van der Waals surface area (Å²) in [5.41, 5.74) is 2.33. The van der Waals surface area contributed by atoms with Gasteiger partial charge in [-0.25, -0.2) is 0 Å². The molecule has 2 aromatic rings. The van der Waals surface area contributed by atoms with Gasteiger partial charge in [0.25, 0.3) is 0 Å². The van der Waals surface area contributed by atoms with Gasteiger partial charge in [0.1, 0.15) is 0 Å². The van der Waals surface area contributed by atoms with E-state index in [1.165, 1.54) is 0 Å². The SMILES string of the molecule is N#CC(=Cc1ccccc1)c1ccccc1Cl. The lowest BCUT2D eigenvalue weighted by Gasteiger charge is -2.02. The number of hydrogen-bond donors (Lipinski definition) is 0. The third kappa shape index (κ3) is 2.75. The Morgan fingerprint density at radius 3 is 2.29 bits per heavy atom. The molecule has 1 nitrogen and oxygen atoms in total. The first-order valence-electron chi connectivity index (χ1n) is 5.23. The molecule has 0 spiro atoms. The Hall–Kier alpha value is -2.04. The summed E-state index contributed by atoms with van der Waals surface area (Å²) in [5, 5.41) is 9.78. The van der Waals surface area contributed by atoms with Crippen molar-refractivity contribution in [2.45, 2.75) is 0 Å². The summed E-state index contributed by atoms with van der Waals surface area (Å²) in [5.74, 6) is 0. The second-order valence-electron chi connectivity index (χ2n) is 3.56. The van der Waals surface area contributed by atoms with Crippen molar-refractivity contribution in [2.75, 3.05) is 0 Å². The van der Waals surface area contributed by atoms with Crippen LogP contribution in [0.25, 0.3) is 11.6 Å². The van der Waals surface area contributed by atoms with Crippen LogP contribution in [0.2, 0.25) is 5.02 Å². The maximum Gasteiger partial charge on any atom is 0.0998 e. The second kappa shape index (κ2) is 5.34. The van der Waals surface area contributed by atoms with Crippen LogP contribution in [0.1, 0.15) is 11.1 Å². The number of rotatable bonds is 2. The molecule has 82 valence electrons. The fraction of sp³-hybridized carbons (Fsp3) is 0. The molecule has 2 heteroatoms. The van der Waals surface area contributed by atoms with Crippen molar-refractivity contribution in [3.63, 3.8) is 0 Å². The number of allylic oxidation sites excluding steroid dienone is 1. The number of hydrogen-bond acceptors (Lipinski definition) is 1. The second-order valence-corrected chi connectivity index (χ2v) is 3.97. The number of nitriles is 1. The largest absolute Gasteiger partial charge is 0.192 e. The molecule has 0 aliphatic rings. The summed E-state index contributed by atoms with van der Waals surface area (Å²) in [6.45, 7) is 0. The lowest BCUT2D eigenvalue weighted by Crippen LogP contribution is -1.83. The van der Waals surface area contributed by atoms with Gasteiger partial charge >= 0.3 is 0 Å². The van der Waals surface area contributed by atoms with Gasteiger partial charge in [-0.3, -0.25) is 0 Å². The van der Waals surface area contributed by atoms with E-state index in [0.717, 1.165) is 11.1 Å².